The number of carbonyl (C=O) groups is 1. The normalized spacial score (nSPS) is 21.6. The van der Waals surface area contributed by atoms with Gasteiger partial charge in [-0.3, -0.25) is 15.0 Å². The first-order chi connectivity index (χ1) is 11.5. The number of hydrogen-bond acceptors (Lipinski definition) is 5. The second-order valence-corrected chi connectivity index (χ2v) is 7.29. The number of aromatic nitrogens is 1. The first-order valence-corrected chi connectivity index (χ1v) is 9.15. The zero-order valence-electron chi connectivity index (χ0n) is 13.7. The summed E-state index contributed by atoms with van der Waals surface area (Å²) >= 11 is 7.47. The van der Waals surface area contributed by atoms with E-state index in [-0.39, 0.29) is 18.1 Å². The molecule has 0 bridgehead atoms. The second kappa shape index (κ2) is 7.61. The molecule has 1 aromatic carbocycles. The third kappa shape index (κ3) is 4.33. The molecule has 24 heavy (non-hydrogen) atoms. The number of halogens is 1. The molecule has 2 aromatic rings. The fraction of sp³-hybridized carbons (Fsp3) is 0.412. The van der Waals surface area contributed by atoms with Gasteiger partial charge in [-0.15, -0.1) is 11.3 Å². The molecule has 7 heteroatoms. The van der Waals surface area contributed by atoms with Gasteiger partial charge in [0.2, 0.25) is 0 Å². The van der Waals surface area contributed by atoms with Gasteiger partial charge >= 0.3 is 0 Å². The van der Waals surface area contributed by atoms with Crippen molar-refractivity contribution >= 4 is 34.0 Å². The van der Waals surface area contributed by atoms with E-state index in [0.29, 0.717) is 15.7 Å². The zero-order chi connectivity index (χ0) is 17.1. The Morgan fingerprint density at radius 1 is 1.38 bits per heavy atom. The number of amides is 1. The highest BCUT2D eigenvalue weighted by atomic mass is 35.5. The monoisotopic (exact) mass is 365 g/mol. The van der Waals surface area contributed by atoms with E-state index in [9.17, 15) is 4.79 Å². The Kier molecular flexibility index (Phi) is 5.50. The highest BCUT2D eigenvalue weighted by molar-refractivity contribution is 7.14. The SMILES string of the molecule is CC1CN(Cc2csc(NC(=O)c3ccccc3Cl)n2)CC(C)O1. The Morgan fingerprint density at radius 3 is 2.79 bits per heavy atom. The standard InChI is InChI=1S/C17H20ClN3O2S/c1-11-7-21(8-12(2)23-11)9-13-10-24-17(19-13)20-16(22)14-5-3-4-6-15(14)18/h3-6,10-12H,7-9H2,1-2H3,(H,19,20,22). The van der Waals surface area contributed by atoms with Crippen LogP contribution in [0.25, 0.3) is 0 Å². The van der Waals surface area contributed by atoms with Crippen LogP contribution in [0.2, 0.25) is 5.02 Å². The van der Waals surface area contributed by atoms with Crippen LogP contribution in [0, 0.1) is 0 Å². The largest absolute Gasteiger partial charge is 0.373 e. The number of rotatable bonds is 4. The molecule has 0 saturated carbocycles. The molecule has 1 aliphatic rings. The van der Waals surface area contributed by atoms with Gasteiger partial charge in [0, 0.05) is 25.0 Å². The number of morpholine rings is 1. The maximum absolute atomic E-state index is 12.3. The molecule has 1 amide bonds. The summed E-state index contributed by atoms with van der Waals surface area (Å²) in [6.45, 7) is 6.71. The van der Waals surface area contributed by atoms with E-state index in [0.717, 1.165) is 25.3 Å². The van der Waals surface area contributed by atoms with Gasteiger partial charge in [-0.25, -0.2) is 4.98 Å². The van der Waals surface area contributed by atoms with Gasteiger partial charge in [-0.05, 0) is 26.0 Å². The van der Waals surface area contributed by atoms with Gasteiger partial charge < -0.3 is 4.74 Å². The van der Waals surface area contributed by atoms with Gasteiger partial charge in [-0.2, -0.15) is 0 Å². The molecule has 2 atom stereocenters. The molecule has 128 valence electrons. The molecule has 0 radical (unpaired) electrons. The number of anilines is 1. The number of ether oxygens (including phenoxy) is 1. The molecule has 2 heterocycles. The number of nitrogens with zero attached hydrogens (tertiary/aromatic N) is 2. The van der Waals surface area contributed by atoms with Gasteiger partial charge in [0.05, 0.1) is 28.5 Å². The van der Waals surface area contributed by atoms with E-state index in [1.54, 1.807) is 24.3 Å². The van der Waals surface area contributed by atoms with Crippen LogP contribution in [0.3, 0.4) is 0 Å². The van der Waals surface area contributed by atoms with Crippen molar-refractivity contribution < 1.29 is 9.53 Å². The molecule has 1 aromatic heterocycles. The van der Waals surface area contributed by atoms with E-state index in [4.69, 9.17) is 16.3 Å². The molecule has 1 fully saturated rings. The highest BCUT2D eigenvalue weighted by Crippen LogP contribution is 2.21. The number of benzene rings is 1. The molecule has 3 rings (SSSR count). The van der Waals surface area contributed by atoms with E-state index in [2.05, 4.69) is 29.0 Å². The number of carbonyl (C=O) groups excluding carboxylic acids is 1. The van der Waals surface area contributed by atoms with Crippen LogP contribution in [0.4, 0.5) is 5.13 Å². The van der Waals surface area contributed by atoms with Crippen molar-refractivity contribution in [1.82, 2.24) is 9.88 Å². The fourth-order valence-corrected chi connectivity index (χ4v) is 3.81. The Hall–Kier alpha value is -1.47. The van der Waals surface area contributed by atoms with Crippen molar-refractivity contribution in [2.45, 2.75) is 32.6 Å². The molecule has 0 aliphatic carbocycles. The Bertz CT molecular complexity index is 711. The first kappa shape index (κ1) is 17.4. The molecular weight excluding hydrogens is 346 g/mol. The third-order valence-electron chi connectivity index (χ3n) is 3.77. The molecule has 1 N–H and O–H groups in total. The van der Waals surface area contributed by atoms with E-state index in [1.165, 1.54) is 11.3 Å². The summed E-state index contributed by atoms with van der Waals surface area (Å²) in [5.74, 6) is -0.241. The maximum atomic E-state index is 12.3. The van der Waals surface area contributed by atoms with E-state index >= 15 is 0 Å². The maximum Gasteiger partial charge on any atom is 0.258 e. The summed E-state index contributed by atoms with van der Waals surface area (Å²) in [4.78, 5) is 19.1. The lowest BCUT2D eigenvalue weighted by Gasteiger charge is -2.34. The smallest absolute Gasteiger partial charge is 0.258 e. The average Bonchev–Trinajstić information content (AvgIpc) is 2.93. The minimum absolute atomic E-state index is 0.229. The molecule has 5 nitrogen and oxygen atoms in total. The van der Waals surface area contributed by atoms with Crippen LogP contribution in [0.5, 0.6) is 0 Å². The predicted octanol–water partition coefficient (Wildman–Crippen LogP) is 3.66. The summed E-state index contributed by atoms with van der Waals surface area (Å²) in [7, 11) is 0. The van der Waals surface area contributed by atoms with Crippen LogP contribution in [-0.2, 0) is 11.3 Å². The van der Waals surface area contributed by atoms with Crippen molar-refractivity contribution in [2.24, 2.45) is 0 Å². The Balaban J connectivity index is 1.61. The van der Waals surface area contributed by atoms with Crippen molar-refractivity contribution in [3.8, 4) is 0 Å². The number of thiazole rings is 1. The van der Waals surface area contributed by atoms with Crippen LogP contribution in [0.15, 0.2) is 29.6 Å². The van der Waals surface area contributed by atoms with Gasteiger partial charge in [0.25, 0.3) is 5.91 Å². The van der Waals surface area contributed by atoms with Gasteiger partial charge in [0.15, 0.2) is 5.13 Å². The minimum Gasteiger partial charge on any atom is -0.373 e. The van der Waals surface area contributed by atoms with Gasteiger partial charge in [-0.1, -0.05) is 23.7 Å². The molecule has 1 saturated heterocycles. The lowest BCUT2D eigenvalue weighted by Crippen LogP contribution is -2.44. The third-order valence-corrected chi connectivity index (χ3v) is 4.91. The van der Waals surface area contributed by atoms with Gasteiger partial charge in [0.1, 0.15) is 0 Å². The predicted molar refractivity (Wildman–Crippen MR) is 96.8 cm³/mol. The van der Waals surface area contributed by atoms with Crippen molar-refractivity contribution in [3.05, 3.63) is 45.9 Å². The topological polar surface area (TPSA) is 54.5 Å². The lowest BCUT2D eigenvalue weighted by atomic mass is 10.2. The lowest BCUT2D eigenvalue weighted by molar-refractivity contribution is -0.0707. The summed E-state index contributed by atoms with van der Waals surface area (Å²) in [5, 5.41) is 5.81. The van der Waals surface area contributed by atoms with Crippen molar-refractivity contribution in [3.63, 3.8) is 0 Å². The zero-order valence-corrected chi connectivity index (χ0v) is 15.2. The number of nitrogens with one attached hydrogen (secondary N) is 1. The molecule has 1 aliphatic heterocycles. The van der Waals surface area contributed by atoms with Crippen molar-refractivity contribution in [1.29, 1.82) is 0 Å². The second-order valence-electron chi connectivity index (χ2n) is 6.03. The van der Waals surface area contributed by atoms with Crippen LogP contribution < -0.4 is 5.32 Å². The number of hydrogen-bond donors (Lipinski definition) is 1. The molecule has 2 unspecified atom stereocenters. The Morgan fingerprint density at radius 2 is 2.08 bits per heavy atom. The quantitative estimate of drug-likeness (QED) is 0.898. The van der Waals surface area contributed by atoms with Crippen molar-refractivity contribution in [2.75, 3.05) is 18.4 Å². The Labute approximate surface area is 150 Å². The molecule has 0 spiro atoms. The average molecular weight is 366 g/mol. The summed E-state index contributed by atoms with van der Waals surface area (Å²) in [5.41, 5.74) is 1.41. The van der Waals surface area contributed by atoms with Crippen LogP contribution >= 0.6 is 22.9 Å². The summed E-state index contributed by atoms with van der Waals surface area (Å²) < 4.78 is 5.74. The molecular formula is C17H20ClN3O2S. The summed E-state index contributed by atoms with van der Waals surface area (Å²) in [6.07, 6.45) is 0.457. The van der Waals surface area contributed by atoms with Crippen LogP contribution in [-0.4, -0.2) is 41.1 Å². The van der Waals surface area contributed by atoms with Crippen LogP contribution in [0.1, 0.15) is 29.9 Å². The highest BCUT2D eigenvalue weighted by Gasteiger charge is 2.23. The van der Waals surface area contributed by atoms with E-state index in [1.807, 2.05) is 5.38 Å². The van der Waals surface area contributed by atoms with E-state index < -0.39 is 0 Å². The summed E-state index contributed by atoms with van der Waals surface area (Å²) in [6, 6.07) is 6.98. The fourth-order valence-electron chi connectivity index (χ4n) is 2.89. The minimum atomic E-state index is -0.241. The first-order valence-electron chi connectivity index (χ1n) is 7.89.